The lowest BCUT2D eigenvalue weighted by molar-refractivity contribution is 0.572. The standard InChI is InChI=1S/C14H19N3/c1-10(13-7-5-4-6-8-13)15-9-14-11(2)16-17-12(14)3/h4-8,10,15H,9H2,1-3H3,(H,16,17). The minimum Gasteiger partial charge on any atom is -0.306 e. The van der Waals surface area contributed by atoms with Crippen LogP contribution in [-0.4, -0.2) is 10.2 Å². The maximum Gasteiger partial charge on any atom is 0.0638 e. The van der Waals surface area contributed by atoms with Crippen LogP contribution < -0.4 is 5.32 Å². The van der Waals surface area contributed by atoms with Crippen molar-refractivity contribution in [1.82, 2.24) is 15.5 Å². The van der Waals surface area contributed by atoms with Gasteiger partial charge < -0.3 is 5.32 Å². The number of H-pyrrole nitrogens is 1. The zero-order chi connectivity index (χ0) is 12.3. The Kier molecular flexibility index (Phi) is 3.59. The number of rotatable bonds is 4. The van der Waals surface area contributed by atoms with Gasteiger partial charge in [-0.3, -0.25) is 5.10 Å². The van der Waals surface area contributed by atoms with Crippen molar-refractivity contribution in [3.05, 3.63) is 52.8 Å². The molecule has 1 aromatic heterocycles. The molecule has 0 saturated carbocycles. The Labute approximate surface area is 102 Å². The van der Waals surface area contributed by atoms with Crippen molar-refractivity contribution in [2.24, 2.45) is 0 Å². The van der Waals surface area contributed by atoms with Crippen LogP contribution in [0, 0.1) is 13.8 Å². The highest BCUT2D eigenvalue weighted by atomic mass is 15.1. The lowest BCUT2D eigenvalue weighted by Gasteiger charge is -2.14. The van der Waals surface area contributed by atoms with Crippen LogP contribution in [0.25, 0.3) is 0 Å². The number of nitrogens with one attached hydrogen (secondary N) is 2. The van der Waals surface area contributed by atoms with Gasteiger partial charge in [-0.2, -0.15) is 5.10 Å². The van der Waals surface area contributed by atoms with Crippen molar-refractivity contribution < 1.29 is 0 Å². The van der Waals surface area contributed by atoms with Gasteiger partial charge in [0, 0.05) is 23.8 Å². The van der Waals surface area contributed by atoms with Crippen molar-refractivity contribution in [2.45, 2.75) is 33.4 Å². The highest BCUT2D eigenvalue weighted by Gasteiger charge is 2.08. The number of aromatic nitrogens is 2. The first kappa shape index (κ1) is 11.9. The Balaban J connectivity index is 1.99. The predicted molar refractivity (Wildman–Crippen MR) is 69.8 cm³/mol. The highest BCUT2D eigenvalue weighted by molar-refractivity contribution is 5.24. The summed E-state index contributed by atoms with van der Waals surface area (Å²) in [5.74, 6) is 0. The fourth-order valence-electron chi connectivity index (χ4n) is 1.95. The monoisotopic (exact) mass is 229 g/mol. The smallest absolute Gasteiger partial charge is 0.0638 e. The summed E-state index contributed by atoms with van der Waals surface area (Å²) in [6.07, 6.45) is 0. The molecule has 0 spiro atoms. The van der Waals surface area contributed by atoms with Crippen molar-refractivity contribution in [3.8, 4) is 0 Å². The van der Waals surface area contributed by atoms with Crippen molar-refractivity contribution in [1.29, 1.82) is 0 Å². The molecule has 0 saturated heterocycles. The third kappa shape index (κ3) is 2.74. The van der Waals surface area contributed by atoms with E-state index in [4.69, 9.17) is 0 Å². The largest absolute Gasteiger partial charge is 0.306 e. The van der Waals surface area contributed by atoms with Crippen molar-refractivity contribution >= 4 is 0 Å². The van der Waals surface area contributed by atoms with Gasteiger partial charge in [0.2, 0.25) is 0 Å². The van der Waals surface area contributed by atoms with Crippen LogP contribution in [0.5, 0.6) is 0 Å². The Morgan fingerprint density at radius 2 is 1.94 bits per heavy atom. The van der Waals surface area contributed by atoms with Crippen LogP contribution in [-0.2, 0) is 6.54 Å². The lowest BCUT2D eigenvalue weighted by Crippen LogP contribution is -2.18. The van der Waals surface area contributed by atoms with Gasteiger partial charge in [-0.1, -0.05) is 30.3 Å². The summed E-state index contributed by atoms with van der Waals surface area (Å²) in [5.41, 5.74) is 4.81. The van der Waals surface area contributed by atoms with Crippen LogP contribution in [0.15, 0.2) is 30.3 Å². The Hall–Kier alpha value is -1.61. The average Bonchev–Trinajstić information content (AvgIpc) is 2.67. The van der Waals surface area contributed by atoms with Gasteiger partial charge in [0.05, 0.1) is 5.69 Å². The summed E-state index contributed by atoms with van der Waals surface area (Å²) in [4.78, 5) is 0. The fourth-order valence-corrected chi connectivity index (χ4v) is 1.95. The van der Waals surface area contributed by atoms with Gasteiger partial charge >= 0.3 is 0 Å². The van der Waals surface area contributed by atoms with Gasteiger partial charge in [0.25, 0.3) is 0 Å². The molecule has 0 amide bonds. The zero-order valence-corrected chi connectivity index (χ0v) is 10.6. The molecular weight excluding hydrogens is 210 g/mol. The Morgan fingerprint density at radius 1 is 1.24 bits per heavy atom. The zero-order valence-electron chi connectivity index (χ0n) is 10.6. The Morgan fingerprint density at radius 3 is 2.53 bits per heavy atom. The van der Waals surface area contributed by atoms with E-state index in [0.29, 0.717) is 6.04 Å². The van der Waals surface area contributed by atoms with Crippen molar-refractivity contribution in [2.75, 3.05) is 0 Å². The third-order valence-electron chi connectivity index (χ3n) is 3.17. The molecule has 1 aromatic carbocycles. The molecule has 0 fully saturated rings. The number of nitrogens with zero attached hydrogens (tertiary/aromatic N) is 1. The fraction of sp³-hybridized carbons (Fsp3) is 0.357. The van der Waals surface area contributed by atoms with E-state index in [1.807, 2.05) is 13.0 Å². The van der Waals surface area contributed by atoms with E-state index in [1.54, 1.807) is 0 Å². The quantitative estimate of drug-likeness (QED) is 0.846. The summed E-state index contributed by atoms with van der Waals surface area (Å²) >= 11 is 0. The molecule has 2 aromatic rings. The molecule has 1 atom stereocenters. The minimum atomic E-state index is 0.352. The minimum absolute atomic E-state index is 0.352. The van der Waals surface area contributed by atoms with E-state index in [-0.39, 0.29) is 0 Å². The highest BCUT2D eigenvalue weighted by Crippen LogP contribution is 2.14. The van der Waals surface area contributed by atoms with Gasteiger partial charge in [-0.25, -0.2) is 0 Å². The summed E-state index contributed by atoms with van der Waals surface area (Å²) in [5, 5.41) is 10.7. The topological polar surface area (TPSA) is 40.7 Å². The number of hydrogen-bond acceptors (Lipinski definition) is 2. The van der Waals surface area contributed by atoms with Gasteiger partial charge in [0.1, 0.15) is 0 Å². The summed E-state index contributed by atoms with van der Waals surface area (Å²) < 4.78 is 0. The average molecular weight is 229 g/mol. The second-order valence-electron chi connectivity index (χ2n) is 4.43. The maximum absolute atomic E-state index is 4.20. The van der Waals surface area contributed by atoms with E-state index in [2.05, 4.69) is 53.6 Å². The third-order valence-corrected chi connectivity index (χ3v) is 3.17. The van der Waals surface area contributed by atoms with E-state index >= 15 is 0 Å². The summed E-state index contributed by atoms with van der Waals surface area (Å²) in [7, 11) is 0. The first-order chi connectivity index (χ1) is 8.18. The molecule has 0 bridgehead atoms. The summed E-state index contributed by atoms with van der Waals surface area (Å²) in [6, 6.07) is 10.8. The molecule has 17 heavy (non-hydrogen) atoms. The van der Waals surface area contributed by atoms with E-state index in [0.717, 1.165) is 17.9 Å². The van der Waals surface area contributed by atoms with Crippen LogP contribution in [0.3, 0.4) is 0 Å². The molecule has 2 rings (SSSR count). The SMILES string of the molecule is Cc1n[nH]c(C)c1CNC(C)c1ccccc1. The number of aryl methyl sites for hydroxylation is 2. The second kappa shape index (κ2) is 5.15. The molecule has 0 aliphatic rings. The lowest BCUT2D eigenvalue weighted by atomic mass is 10.1. The Bertz CT molecular complexity index is 454. The van der Waals surface area contributed by atoms with Crippen LogP contribution in [0.1, 0.15) is 35.5 Å². The molecule has 0 aliphatic carbocycles. The van der Waals surface area contributed by atoms with E-state index in [1.165, 1.54) is 11.1 Å². The molecule has 3 nitrogen and oxygen atoms in total. The normalized spacial score (nSPS) is 12.6. The van der Waals surface area contributed by atoms with Crippen LogP contribution >= 0.6 is 0 Å². The first-order valence-corrected chi connectivity index (χ1v) is 5.97. The number of benzene rings is 1. The summed E-state index contributed by atoms with van der Waals surface area (Å²) in [6.45, 7) is 7.13. The molecular formula is C14H19N3. The van der Waals surface area contributed by atoms with Gasteiger partial charge in [-0.05, 0) is 26.3 Å². The van der Waals surface area contributed by atoms with Gasteiger partial charge in [-0.15, -0.1) is 0 Å². The molecule has 1 unspecified atom stereocenters. The van der Waals surface area contributed by atoms with Crippen LogP contribution in [0.2, 0.25) is 0 Å². The van der Waals surface area contributed by atoms with E-state index in [9.17, 15) is 0 Å². The van der Waals surface area contributed by atoms with E-state index < -0.39 is 0 Å². The molecule has 2 N–H and O–H groups in total. The predicted octanol–water partition coefficient (Wildman–Crippen LogP) is 2.88. The first-order valence-electron chi connectivity index (χ1n) is 5.97. The molecule has 0 radical (unpaired) electrons. The molecule has 0 aliphatic heterocycles. The molecule has 3 heteroatoms. The van der Waals surface area contributed by atoms with Crippen molar-refractivity contribution in [3.63, 3.8) is 0 Å². The number of aromatic amines is 1. The van der Waals surface area contributed by atoms with Crippen LogP contribution in [0.4, 0.5) is 0 Å². The molecule has 1 heterocycles. The number of hydrogen-bond donors (Lipinski definition) is 2. The van der Waals surface area contributed by atoms with Gasteiger partial charge in [0.15, 0.2) is 0 Å². The molecule has 90 valence electrons. The second-order valence-corrected chi connectivity index (χ2v) is 4.43. The maximum atomic E-state index is 4.20.